The highest BCUT2D eigenvalue weighted by Crippen LogP contribution is 2.31. The van der Waals surface area contributed by atoms with Crippen LogP contribution in [0.3, 0.4) is 0 Å². The Labute approximate surface area is 143 Å². The lowest BCUT2D eigenvalue weighted by molar-refractivity contribution is -0.112. The third kappa shape index (κ3) is 4.09. The smallest absolute Gasteiger partial charge is 0.266 e. The maximum atomic E-state index is 12.3. The van der Waals surface area contributed by atoms with Gasteiger partial charge in [-0.3, -0.25) is 4.79 Å². The zero-order chi connectivity index (χ0) is 17.0. The predicted molar refractivity (Wildman–Crippen MR) is 91.8 cm³/mol. The SMILES string of the molecule is COc1cc(Cl)c(C)cc1NC(=O)/C(C#N)=C/c1csc(C)n1. The Morgan fingerprint density at radius 1 is 1.48 bits per heavy atom. The van der Waals surface area contributed by atoms with Crippen LogP contribution >= 0.6 is 22.9 Å². The van der Waals surface area contributed by atoms with Crippen LogP contribution in [0.2, 0.25) is 5.02 Å². The molecule has 0 atom stereocenters. The van der Waals surface area contributed by atoms with E-state index in [0.717, 1.165) is 10.6 Å². The number of thiazole rings is 1. The maximum Gasteiger partial charge on any atom is 0.266 e. The molecule has 1 amide bonds. The Balaban J connectivity index is 2.29. The number of carbonyl (C=O) groups excluding carboxylic acids is 1. The van der Waals surface area contributed by atoms with E-state index in [1.807, 2.05) is 19.9 Å². The predicted octanol–water partition coefficient (Wildman–Crippen LogP) is 3.97. The Morgan fingerprint density at radius 2 is 2.22 bits per heavy atom. The second-order valence-corrected chi connectivity index (χ2v) is 6.19. The molecule has 0 unspecified atom stereocenters. The molecule has 1 N–H and O–H groups in total. The normalized spacial score (nSPS) is 11.0. The first-order valence-electron chi connectivity index (χ1n) is 6.64. The first-order chi connectivity index (χ1) is 10.9. The summed E-state index contributed by atoms with van der Waals surface area (Å²) in [5, 5.41) is 15.1. The number of nitrogens with zero attached hydrogens (tertiary/aromatic N) is 2. The van der Waals surface area contributed by atoms with E-state index in [2.05, 4.69) is 10.3 Å². The van der Waals surface area contributed by atoms with Gasteiger partial charge >= 0.3 is 0 Å². The van der Waals surface area contributed by atoms with Crippen molar-refractivity contribution < 1.29 is 9.53 Å². The second-order valence-electron chi connectivity index (χ2n) is 4.72. The molecule has 2 aromatic rings. The number of methoxy groups -OCH3 is 1. The summed E-state index contributed by atoms with van der Waals surface area (Å²) in [6.45, 7) is 3.67. The molecule has 0 aliphatic rings. The Hall–Kier alpha value is -2.36. The van der Waals surface area contributed by atoms with Crippen LogP contribution in [0.25, 0.3) is 6.08 Å². The topological polar surface area (TPSA) is 75.0 Å². The van der Waals surface area contributed by atoms with Crippen molar-refractivity contribution in [2.24, 2.45) is 0 Å². The molecule has 7 heteroatoms. The van der Waals surface area contributed by atoms with Gasteiger partial charge in [0.25, 0.3) is 5.91 Å². The fraction of sp³-hybridized carbons (Fsp3) is 0.188. The lowest BCUT2D eigenvalue weighted by Crippen LogP contribution is -2.14. The average Bonchev–Trinajstić information content (AvgIpc) is 2.93. The number of nitriles is 1. The van der Waals surface area contributed by atoms with Crippen LogP contribution in [-0.4, -0.2) is 18.0 Å². The van der Waals surface area contributed by atoms with Gasteiger partial charge in [0.05, 0.1) is 23.5 Å². The molecule has 1 heterocycles. The van der Waals surface area contributed by atoms with Crippen LogP contribution in [0.5, 0.6) is 5.75 Å². The van der Waals surface area contributed by atoms with E-state index in [9.17, 15) is 10.1 Å². The quantitative estimate of drug-likeness (QED) is 0.670. The van der Waals surface area contributed by atoms with E-state index >= 15 is 0 Å². The molecular weight excluding hydrogens is 334 g/mol. The van der Waals surface area contributed by atoms with Gasteiger partial charge in [-0.2, -0.15) is 5.26 Å². The monoisotopic (exact) mass is 347 g/mol. The van der Waals surface area contributed by atoms with Crippen LogP contribution in [0.15, 0.2) is 23.1 Å². The number of anilines is 1. The standard InChI is InChI=1S/C16H14ClN3O2S/c1-9-4-14(15(22-3)6-13(9)17)20-16(21)11(7-18)5-12-8-23-10(2)19-12/h4-6,8H,1-3H3,(H,20,21)/b11-5+. The van der Waals surface area contributed by atoms with E-state index in [-0.39, 0.29) is 5.57 Å². The molecular formula is C16H14ClN3O2S. The molecule has 0 saturated heterocycles. The molecule has 0 fully saturated rings. The van der Waals surface area contributed by atoms with E-state index in [0.29, 0.717) is 22.2 Å². The van der Waals surface area contributed by atoms with Crippen molar-refractivity contribution >= 4 is 40.6 Å². The van der Waals surface area contributed by atoms with Crippen LogP contribution in [0.1, 0.15) is 16.3 Å². The van der Waals surface area contributed by atoms with Gasteiger partial charge in [0.2, 0.25) is 0 Å². The molecule has 0 aliphatic carbocycles. The molecule has 0 bridgehead atoms. The van der Waals surface area contributed by atoms with E-state index in [1.54, 1.807) is 17.5 Å². The van der Waals surface area contributed by atoms with Crippen molar-refractivity contribution in [3.8, 4) is 11.8 Å². The van der Waals surface area contributed by atoms with Gasteiger partial charge in [-0.15, -0.1) is 11.3 Å². The molecule has 23 heavy (non-hydrogen) atoms. The summed E-state index contributed by atoms with van der Waals surface area (Å²) in [6, 6.07) is 5.20. The van der Waals surface area contributed by atoms with Crippen LogP contribution in [-0.2, 0) is 4.79 Å². The highest BCUT2D eigenvalue weighted by molar-refractivity contribution is 7.09. The first kappa shape index (κ1) is 17.0. The van der Waals surface area contributed by atoms with Gasteiger partial charge in [0.1, 0.15) is 17.4 Å². The minimum absolute atomic E-state index is 0.0371. The molecule has 2 rings (SSSR count). The summed E-state index contributed by atoms with van der Waals surface area (Å²) in [7, 11) is 1.48. The molecule has 118 valence electrons. The summed E-state index contributed by atoms with van der Waals surface area (Å²) < 4.78 is 5.20. The molecule has 1 aromatic carbocycles. The van der Waals surface area contributed by atoms with Gasteiger partial charge in [-0.25, -0.2) is 4.98 Å². The number of hydrogen-bond acceptors (Lipinski definition) is 5. The third-order valence-corrected chi connectivity index (χ3v) is 4.22. The van der Waals surface area contributed by atoms with Gasteiger partial charge in [-0.05, 0) is 31.6 Å². The van der Waals surface area contributed by atoms with Gasteiger partial charge in [0.15, 0.2) is 0 Å². The highest BCUT2D eigenvalue weighted by Gasteiger charge is 2.14. The van der Waals surface area contributed by atoms with Crippen molar-refractivity contribution in [2.75, 3.05) is 12.4 Å². The number of halogens is 1. The summed E-state index contributed by atoms with van der Waals surface area (Å²) in [6.07, 6.45) is 1.45. The summed E-state index contributed by atoms with van der Waals surface area (Å²) in [5.41, 5.74) is 1.79. The number of amides is 1. The Bertz CT molecular complexity index is 821. The lowest BCUT2D eigenvalue weighted by Gasteiger charge is -2.11. The number of aryl methyl sites for hydroxylation is 2. The molecule has 0 saturated carbocycles. The summed E-state index contributed by atoms with van der Waals surface area (Å²) >= 11 is 7.49. The molecule has 0 spiro atoms. The number of nitrogens with one attached hydrogen (secondary N) is 1. The highest BCUT2D eigenvalue weighted by atomic mass is 35.5. The average molecular weight is 348 g/mol. The van der Waals surface area contributed by atoms with Crippen molar-refractivity contribution in [3.63, 3.8) is 0 Å². The lowest BCUT2D eigenvalue weighted by atomic mass is 10.1. The summed E-state index contributed by atoms with van der Waals surface area (Å²) in [4.78, 5) is 16.5. The summed E-state index contributed by atoms with van der Waals surface area (Å²) in [5.74, 6) is -0.103. The molecule has 0 aliphatic heterocycles. The van der Waals surface area contributed by atoms with E-state index in [4.69, 9.17) is 16.3 Å². The largest absolute Gasteiger partial charge is 0.495 e. The molecule has 0 radical (unpaired) electrons. The Kier molecular flexibility index (Phi) is 5.37. The number of hydrogen-bond donors (Lipinski definition) is 1. The van der Waals surface area contributed by atoms with Gasteiger partial charge in [0, 0.05) is 16.5 Å². The number of rotatable bonds is 4. The van der Waals surface area contributed by atoms with E-state index in [1.165, 1.54) is 24.5 Å². The van der Waals surface area contributed by atoms with Crippen molar-refractivity contribution in [1.29, 1.82) is 5.26 Å². The fourth-order valence-corrected chi connectivity index (χ4v) is 2.59. The maximum absolute atomic E-state index is 12.3. The van der Waals surface area contributed by atoms with Crippen molar-refractivity contribution in [3.05, 3.63) is 44.4 Å². The zero-order valence-electron chi connectivity index (χ0n) is 12.8. The first-order valence-corrected chi connectivity index (χ1v) is 7.89. The number of ether oxygens (including phenoxy) is 1. The fourth-order valence-electron chi connectivity index (χ4n) is 1.86. The molecule has 1 aromatic heterocycles. The molecule has 5 nitrogen and oxygen atoms in total. The third-order valence-electron chi connectivity index (χ3n) is 3.02. The van der Waals surface area contributed by atoms with Crippen LogP contribution in [0.4, 0.5) is 5.69 Å². The van der Waals surface area contributed by atoms with Crippen LogP contribution < -0.4 is 10.1 Å². The minimum Gasteiger partial charge on any atom is -0.495 e. The Morgan fingerprint density at radius 3 is 2.78 bits per heavy atom. The zero-order valence-corrected chi connectivity index (χ0v) is 14.4. The van der Waals surface area contributed by atoms with Gasteiger partial charge < -0.3 is 10.1 Å². The van der Waals surface area contributed by atoms with Gasteiger partial charge in [-0.1, -0.05) is 11.6 Å². The van der Waals surface area contributed by atoms with E-state index < -0.39 is 5.91 Å². The van der Waals surface area contributed by atoms with Crippen LogP contribution in [0, 0.1) is 25.2 Å². The minimum atomic E-state index is -0.529. The number of aromatic nitrogens is 1. The number of carbonyl (C=O) groups is 1. The van der Waals surface area contributed by atoms with Crippen molar-refractivity contribution in [2.45, 2.75) is 13.8 Å². The second kappa shape index (κ2) is 7.27. The van der Waals surface area contributed by atoms with Crippen molar-refractivity contribution in [1.82, 2.24) is 4.98 Å². The number of benzene rings is 1.